The third-order valence-corrected chi connectivity index (χ3v) is 5.21. The molecular formula is C20H26N2O3. The molecular weight excluding hydrogens is 316 g/mol. The molecule has 0 bridgehead atoms. The van der Waals surface area contributed by atoms with Gasteiger partial charge in [-0.2, -0.15) is 0 Å². The fourth-order valence-electron chi connectivity index (χ4n) is 3.79. The van der Waals surface area contributed by atoms with Crippen LogP contribution in [-0.2, 0) is 4.79 Å². The average Bonchev–Trinajstić information content (AvgIpc) is 2.87. The zero-order valence-electron chi connectivity index (χ0n) is 14.6. The van der Waals surface area contributed by atoms with Crippen LogP contribution in [0.5, 0.6) is 0 Å². The summed E-state index contributed by atoms with van der Waals surface area (Å²) in [5.74, 6) is 0.267. The summed E-state index contributed by atoms with van der Waals surface area (Å²) >= 11 is 0. The van der Waals surface area contributed by atoms with Crippen molar-refractivity contribution in [2.45, 2.75) is 51.4 Å². The van der Waals surface area contributed by atoms with E-state index in [2.05, 4.69) is 5.32 Å². The average molecular weight is 342 g/mol. The van der Waals surface area contributed by atoms with Crippen LogP contribution in [0.25, 0.3) is 0 Å². The number of fused-ring (bicyclic) bond motifs is 1. The van der Waals surface area contributed by atoms with Crippen molar-refractivity contribution in [3.05, 3.63) is 35.4 Å². The largest absolute Gasteiger partial charge is 0.356 e. The predicted molar refractivity (Wildman–Crippen MR) is 95.2 cm³/mol. The van der Waals surface area contributed by atoms with E-state index < -0.39 is 0 Å². The number of amides is 3. The molecule has 1 heterocycles. The van der Waals surface area contributed by atoms with Gasteiger partial charge in [0.2, 0.25) is 5.91 Å². The summed E-state index contributed by atoms with van der Waals surface area (Å²) in [7, 11) is 0. The van der Waals surface area contributed by atoms with Crippen LogP contribution < -0.4 is 5.32 Å². The third kappa shape index (κ3) is 4.27. The van der Waals surface area contributed by atoms with Crippen LogP contribution in [0.1, 0.15) is 72.1 Å². The lowest BCUT2D eigenvalue weighted by Crippen LogP contribution is -2.32. The van der Waals surface area contributed by atoms with E-state index in [9.17, 15) is 14.4 Å². The highest BCUT2D eigenvalue weighted by Gasteiger charge is 2.34. The second-order valence-corrected chi connectivity index (χ2v) is 7.07. The number of carbonyl (C=O) groups is 3. The Morgan fingerprint density at radius 1 is 1.00 bits per heavy atom. The van der Waals surface area contributed by atoms with Gasteiger partial charge in [-0.05, 0) is 43.7 Å². The molecule has 5 heteroatoms. The van der Waals surface area contributed by atoms with Gasteiger partial charge in [0, 0.05) is 19.5 Å². The monoisotopic (exact) mass is 342 g/mol. The molecule has 0 unspecified atom stereocenters. The Labute approximate surface area is 148 Å². The molecule has 1 aliphatic carbocycles. The van der Waals surface area contributed by atoms with E-state index in [1.807, 2.05) is 0 Å². The van der Waals surface area contributed by atoms with Crippen molar-refractivity contribution < 1.29 is 14.4 Å². The first kappa shape index (κ1) is 17.6. The summed E-state index contributed by atoms with van der Waals surface area (Å²) in [6.07, 6.45) is 8.25. The molecule has 0 spiro atoms. The maximum Gasteiger partial charge on any atom is 0.261 e. The van der Waals surface area contributed by atoms with Gasteiger partial charge in [0.15, 0.2) is 0 Å². The summed E-state index contributed by atoms with van der Waals surface area (Å²) in [5, 5.41) is 2.97. The molecule has 25 heavy (non-hydrogen) atoms. The molecule has 0 atom stereocenters. The van der Waals surface area contributed by atoms with E-state index in [1.165, 1.54) is 37.0 Å². The van der Waals surface area contributed by atoms with Crippen LogP contribution in [0.15, 0.2) is 24.3 Å². The third-order valence-electron chi connectivity index (χ3n) is 5.21. The molecule has 5 nitrogen and oxygen atoms in total. The summed E-state index contributed by atoms with van der Waals surface area (Å²) in [6.45, 7) is 1.01. The van der Waals surface area contributed by atoms with Crippen molar-refractivity contribution in [1.29, 1.82) is 0 Å². The molecule has 1 fully saturated rings. The Hall–Kier alpha value is -2.17. The number of rotatable bonds is 7. The zero-order valence-corrected chi connectivity index (χ0v) is 14.6. The van der Waals surface area contributed by atoms with E-state index >= 15 is 0 Å². The van der Waals surface area contributed by atoms with E-state index in [1.54, 1.807) is 24.3 Å². The van der Waals surface area contributed by atoms with Crippen LogP contribution in [0.3, 0.4) is 0 Å². The smallest absolute Gasteiger partial charge is 0.261 e. The van der Waals surface area contributed by atoms with Crippen LogP contribution in [-0.4, -0.2) is 35.7 Å². The number of hydrogen-bond acceptors (Lipinski definition) is 3. The lowest BCUT2D eigenvalue weighted by atomic mass is 9.87. The highest BCUT2D eigenvalue weighted by Crippen LogP contribution is 2.26. The fraction of sp³-hybridized carbons (Fsp3) is 0.550. The predicted octanol–water partition coefficient (Wildman–Crippen LogP) is 3.15. The minimum absolute atomic E-state index is 0.132. The lowest BCUT2D eigenvalue weighted by Gasteiger charge is -2.20. The summed E-state index contributed by atoms with van der Waals surface area (Å²) in [4.78, 5) is 37.7. The minimum atomic E-state index is -0.207. The van der Waals surface area contributed by atoms with Gasteiger partial charge in [-0.25, -0.2) is 0 Å². The maximum absolute atomic E-state index is 12.2. The van der Waals surface area contributed by atoms with Crippen molar-refractivity contribution >= 4 is 17.7 Å². The maximum atomic E-state index is 12.2. The summed E-state index contributed by atoms with van der Waals surface area (Å²) < 4.78 is 0. The first-order chi connectivity index (χ1) is 12.2. The van der Waals surface area contributed by atoms with Gasteiger partial charge < -0.3 is 5.32 Å². The van der Waals surface area contributed by atoms with Gasteiger partial charge >= 0.3 is 0 Å². The van der Waals surface area contributed by atoms with E-state index in [0.29, 0.717) is 43.0 Å². The van der Waals surface area contributed by atoms with Gasteiger partial charge in [-0.1, -0.05) is 31.4 Å². The van der Waals surface area contributed by atoms with E-state index in [-0.39, 0.29) is 17.7 Å². The van der Waals surface area contributed by atoms with Crippen LogP contribution in [0.2, 0.25) is 0 Å². The van der Waals surface area contributed by atoms with Crippen molar-refractivity contribution in [1.82, 2.24) is 10.2 Å². The van der Waals surface area contributed by atoms with Gasteiger partial charge in [-0.3, -0.25) is 19.3 Å². The highest BCUT2D eigenvalue weighted by atomic mass is 16.2. The van der Waals surface area contributed by atoms with E-state index in [4.69, 9.17) is 0 Å². The van der Waals surface area contributed by atoms with Crippen LogP contribution in [0, 0.1) is 5.92 Å². The van der Waals surface area contributed by atoms with Crippen molar-refractivity contribution in [3.8, 4) is 0 Å². The number of imide groups is 1. The first-order valence-electron chi connectivity index (χ1n) is 9.39. The molecule has 1 N–H and O–H groups in total. The number of nitrogens with one attached hydrogen (secondary N) is 1. The Bertz CT molecular complexity index is 615. The van der Waals surface area contributed by atoms with Crippen LogP contribution >= 0.6 is 0 Å². The van der Waals surface area contributed by atoms with Gasteiger partial charge in [0.05, 0.1) is 11.1 Å². The second-order valence-electron chi connectivity index (χ2n) is 7.07. The summed E-state index contributed by atoms with van der Waals surface area (Å²) in [5.41, 5.74) is 0.988. The SMILES string of the molecule is O=C(CC1CCCCC1)NCCCCN1C(=O)c2ccccc2C1=O. The number of nitrogens with zero attached hydrogens (tertiary/aromatic N) is 1. The van der Waals surface area contributed by atoms with Gasteiger partial charge in [0.1, 0.15) is 0 Å². The molecule has 1 aliphatic heterocycles. The Kier molecular flexibility index (Phi) is 5.84. The Morgan fingerprint density at radius 3 is 2.28 bits per heavy atom. The minimum Gasteiger partial charge on any atom is -0.356 e. The van der Waals surface area contributed by atoms with Crippen molar-refractivity contribution in [2.24, 2.45) is 5.92 Å². The summed E-state index contributed by atoms with van der Waals surface area (Å²) in [6, 6.07) is 6.94. The molecule has 3 amide bonds. The highest BCUT2D eigenvalue weighted by molar-refractivity contribution is 6.21. The van der Waals surface area contributed by atoms with Crippen molar-refractivity contribution in [3.63, 3.8) is 0 Å². The first-order valence-corrected chi connectivity index (χ1v) is 9.39. The molecule has 1 aromatic rings. The number of unbranched alkanes of at least 4 members (excludes halogenated alkanes) is 1. The molecule has 0 saturated heterocycles. The van der Waals surface area contributed by atoms with Gasteiger partial charge in [-0.15, -0.1) is 0 Å². The molecule has 1 saturated carbocycles. The molecule has 0 radical (unpaired) electrons. The number of hydrogen-bond donors (Lipinski definition) is 1. The molecule has 2 aliphatic rings. The Balaban J connectivity index is 1.34. The van der Waals surface area contributed by atoms with Crippen molar-refractivity contribution in [2.75, 3.05) is 13.1 Å². The topological polar surface area (TPSA) is 66.5 Å². The molecule has 3 rings (SSSR count). The van der Waals surface area contributed by atoms with Crippen LogP contribution in [0.4, 0.5) is 0 Å². The van der Waals surface area contributed by atoms with Gasteiger partial charge in [0.25, 0.3) is 11.8 Å². The quantitative estimate of drug-likeness (QED) is 0.611. The Morgan fingerprint density at radius 2 is 1.64 bits per heavy atom. The lowest BCUT2D eigenvalue weighted by molar-refractivity contribution is -0.122. The van der Waals surface area contributed by atoms with E-state index in [0.717, 1.165) is 6.42 Å². The molecule has 1 aromatic carbocycles. The second kappa shape index (κ2) is 8.28. The molecule has 0 aromatic heterocycles. The number of carbonyl (C=O) groups excluding carboxylic acids is 3. The number of benzene rings is 1. The standard InChI is InChI=1S/C20H26N2O3/c23-18(14-15-8-2-1-3-9-15)21-12-6-7-13-22-19(24)16-10-4-5-11-17(16)20(22)25/h4-5,10-11,15H,1-3,6-9,12-14H2,(H,21,23). The normalized spacial score (nSPS) is 17.7. The zero-order chi connectivity index (χ0) is 17.6. The molecule has 134 valence electrons. The fourth-order valence-corrected chi connectivity index (χ4v) is 3.79.